The van der Waals surface area contributed by atoms with E-state index >= 15 is 0 Å². The van der Waals surface area contributed by atoms with Crippen molar-refractivity contribution < 1.29 is 8.78 Å². The van der Waals surface area contributed by atoms with E-state index in [0.29, 0.717) is 5.56 Å². The van der Waals surface area contributed by atoms with Crippen molar-refractivity contribution in [1.82, 2.24) is 0 Å². The molecule has 0 saturated heterocycles. The van der Waals surface area contributed by atoms with E-state index < -0.39 is 17.2 Å². The molecule has 1 fully saturated rings. The zero-order chi connectivity index (χ0) is 11.2. The Morgan fingerprint density at radius 1 is 1.40 bits per heavy atom. The van der Waals surface area contributed by atoms with Gasteiger partial charge in [-0.1, -0.05) is 11.6 Å². The Labute approximate surface area is 92.2 Å². The van der Waals surface area contributed by atoms with Gasteiger partial charge in [0, 0.05) is 11.1 Å². The quantitative estimate of drug-likeness (QED) is 0.779. The third-order valence-corrected chi connectivity index (χ3v) is 3.13. The lowest BCUT2D eigenvalue weighted by molar-refractivity contribution is 0.527. The minimum atomic E-state index is -0.670. The van der Waals surface area contributed by atoms with Gasteiger partial charge in [-0.15, -0.1) is 0 Å². The first-order valence-electron chi connectivity index (χ1n) is 4.85. The molecule has 0 aliphatic heterocycles. The van der Waals surface area contributed by atoms with Gasteiger partial charge in [-0.25, -0.2) is 8.78 Å². The van der Waals surface area contributed by atoms with Crippen molar-refractivity contribution in [3.05, 3.63) is 33.9 Å². The molecule has 0 bridgehead atoms. The molecule has 1 saturated carbocycles. The van der Waals surface area contributed by atoms with Crippen molar-refractivity contribution in [2.24, 2.45) is 5.73 Å². The van der Waals surface area contributed by atoms with Crippen LogP contribution in [-0.2, 0) is 6.42 Å². The van der Waals surface area contributed by atoms with Crippen LogP contribution in [0, 0.1) is 18.6 Å². The summed E-state index contributed by atoms with van der Waals surface area (Å²) in [6.07, 6.45) is 1.86. The summed E-state index contributed by atoms with van der Waals surface area (Å²) in [5, 5.41) is -0.0341. The Balaban J connectivity index is 2.44. The molecule has 0 atom stereocenters. The van der Waals surface area contributed by atoms with E-state index in [4.69, 9.17) is 17.3 Å². The Bertz CT molecular complexity index is 387. The molecule has 0 amide bonds. The van der Waals surface area contributed by atoms with Crippen LogP contribution in [0.1, 0.15) is 24.0 Å². The number of benzene rings is 1. The largest absolute Gasteiger partial charge is 0.325 e. The van der Waals surface area contributed by atoms with E-state index in [1.54, 1.807) is 6.92 Å². The molecule has 1 aliphatic rings. The maximum absolute atomic E-state index is 13.6. The summed E-state index contributed by atoms with van der Waals surface area (Å²) in [5.41, 5.74) is 5.81. The molecule has 0 heterocycles. The molecule has 0 aromatic heterocycles. The highest BCUT2D eigenvalue weighted by Gasteiger charge is 2.39. The van der Waals surface area contributed by atoms with E-state index in [-0.39, 0.29) is 17.0 Å². The number of hydrogen-bond acceptors (Lipinski definition) is 1. The fraction of sp³-hybridized carbons (Fsp3) is 0.455. The molecule has 2 rings (SSSR count). The monoisotopic (exact) mass is 231 g/mol. The Kier molecular flexibility index (Phi) is 2.47. The lowest BCUT2D eigenvalue weighted by Gasteiger charge is -2.12. The predicted octanol–water partition coefficient (Wildman–Crippen LogP) is 2.96. The van der Waals surface area contributed by atoms with Gasteiger partial charge in [0.2, 0.25) is 0 Å². The minimum Gasteiger partial charge on any atom is -0.325 e. The summed E-state index contributed by atoms with van der Waals surface area (Å²) < 4.78 is 27.2. The summed E-state index contributed by atoms with van der Waals surface area (Å²) in [5.74, 6) is -1.19. The number of hydrogen-bond donors (Lipinski definition) is 1. The molecule has 82 valence electrons. The molecular weight excluding hydrogens is 220 g/mol. The maximum atomic E-state index is 13.6. The Hall–Kier alpha value is -0.670. The normalized spacial score (nSPS) is 17.9. The topological polar surface area (TPSA) is 26.0 Å². The van der Waals surface area contributed by atoms with E-state index in [2.05, 4.69) is 0 Å². The fourth-order valence-corrected chi connectivity index (χ4v) is 1.92. The van der Waals surface area contributed by atoms with Gasteiger partial charge in [-0.05, 0) is 37.8 Å². The lowest BCUT2D eigenvalue weighted by atomic mass is 10.0. The van der Waals surface area contributed by atoms with Gasteiger partial charge < -0.3 is 5.73 Å². The van der Waals surface area contributed by atoms with Crippen LogP contribution in [-0.4, -0.2) is 5.54 Å². The first-order valence-corrected chi connectivity index (χ1v) is 5.23. The molecule has 15 heavy (non-hydrogen) atoms. The van der Waals surface area contributed by atoms with E-state index in [1.165, 1.54) is 6.07 Å². The second-order valence-corrected chi connectivity index (χ2v) is 4.73. The van der Waals surface area contributed by atoms with Crippen LogP contribution in [0.15, 0.2) is 6.07 Å². The van der Waals surface area contributed by atoms with Gasteiger partial charge in [0.15, 0.2) is 0 Å². The average Bonchev–Trinajstić information content (AvgIpc) is 2.89. The molecule has 2 N–H and O–H groups in total. The highest BCUT2D eigenvalue weighted by Crippen LogP contribution is 2.38. The predicted molar refractivity (Wildman–Crippen MR) is 56.0 cm³/mol. The number of aryl methyl sites for hydroxylation is 1. The van der Waals surface area contributed by atoms with Crippen LogP contribution in [0.3, 0.4) is 0 Å². The fourth-order valence-electron chi connectivity index (χ4n) is 1.64. The van der Waals surface area contributed by atoms with Crippen molar-refractivity contribution >= 4 is 11.6 Å². The maximum Gasteiger partial charge on any atom is 0.147 e. The number of rotatable bonds is 2. The summed E-state index contributed by atoms with van der Waals surface area (Å²) in [7, 11) is 0. The smallest absolute Gasteiger partial charge is 0.147 e. The van der Waals surface area contributed by atoms with E-state index in [9.17, 15) is 8.78 Å². The Morgan fingerprint density at radius 3 is 2.53 bits per heavy atom. The first-order chi connectivity index (χ1) is 6.93. The van der Waals surface area contributed by atoms with Crippen molar-refractivity contribution in [2.45, 2.75) is 31.7 Å². The van der Waals surface area contributed by atoms with Crippen LogP contribution in [0.25, 0.3) is 0 Å². The number of halogens is 3. The summed E-state index contributed by atoms with van der Waals surface area (Å²) in [6.45, 7) is 1.57. The summed E-state index contributed by atoms with van der Waals surface area (Å²) in [6, 6.07) is 1.30. The molecule has 0 unspecified atom stereocenters. The molecule has 0 radical (unpaired) electrons. The minimum absolute atomic E-state index is 0.0278. The van der Waals surface area contributed by atoms with E-state index in [0.717, 1.165) is 12.8 Å². The first kappa shape index (κ1) is 10.8. The summed E-state index contributed by atoms with van der Waals surface area (Å²) >= 11 is 5.66. The third-order valence-electron chi connectivity index (χ3n) is 2.85. The molecule has 1 nitrogen and oxygen atoms in total. The molecule has 4 heteroatoms. The lowest BCUT2D eigenvalue weighted by Crippen LogP contribution is -2.26. The highest BCUT2D eigenvalue weighted by molar-refractivity contribution is 6.30. The standard InChI is InChI=1S/C11H12ClF2N/c1-6-4-8(12)10(14)7(9(6)13)5-11(15)2-3-11/h4H,2-3,5,15H2,1H3. The van der Waals surface area contributed by atoms with Gasteiger partial charge in [0.1, 0.15) is 11.6 Å². The van der Waals surface area contributed by atoms with Gasteiger partial charge in [0.25, 0.3) is 0 Å². The zero-order valence-electron chi connectivity index (χ0n) is 8.41. The van der Waals surface area contributed by atoms with Crippen molar-refractivity contribution in [3.8, 4) is 0 Å². The second kappa shape index (κ2) is 3.42. The second-order valence-electron chi connectivity index (χ2n) is 4.32. The average molecular weight is 232 g/mol. The van der Waals surface area contributed by atoms with Crippen LogP contribution in [0.5, 0.6) is 0 Å². The Morgan fingerprint density at radius 2 is 2.00 bits per heavy atom. The third kappa shape index (κ3) is 1.99. The number of nitrogens with two attached hydrogens (primary N) is 1. The van der Waals surface area contributed by atoms with Gasteiger partial charge in [0.05, 0.1) is 5.02 Å². The van der Waals surface area contributed by atoms with Crippen LogP contribution in [0.4, 0.5) is 8.78 Å². The van der Waals surface area contributed by atoms with E-state index in [1.807, 2.05) is 0 Å². The van der Waals surface area contributed by atoms with Crippen molar-refractivity contribution in [2.75, 3.05) is 0 Å². The van der Waals surface area contributed by atoms with Crippen molar-refractivity contribution in [3.63, 3.8) is 0 Å². The summed E-state index contributed by atoms with van der Waals surface area (Å²) in [4.78, 5) is 0. The van der Waals surface area contributed by atoms with Gasteiger partial charge in [-0.3, -0.25) is 0 Å². The van der Waals surface area contributed by atoms with Crippen LogP contribution < -0.4 is 5.73 Å². The van der Waals surface area contributed by atoms with Crippen LogP contribution >= 0.6 is 11.6 Å². The van der Waals surface area contributed by atoms with Crippen molar-refractivity contribution in [1.29, 1.82) is 0 Å². The van der Waals surface area contributed by atoms with Crippen LogP contribution in [0.2, 0.25) is 5.02 Å². The zero-order valence-corrected chi connectivity index (χ0v) is 9.17. The molecule has 1 aromatic rings. The highest BCUT2D eigenvalue weighted by atomic mass is 35.5. The molecule has 0 spiro atoms. The van der Waals surface area contributed by atoms with Gasteiger partial charge >= 0.3 is 0 Å². The molecule has 1 aliphatic carbocycles. The SMILES string of the molecule is Cc1cc(Cl)c(F)c(CC2(N)CC2)c1F. The molecular formula is C11H12ClF2N. The molecule has 1 aromatic carbocycles. The van der Waals surface area contributed by atoms with Gasteiger partial charge in [-0.2, -0.15) is 0 Å².